The summed E-state index contributed by atoms with van der Waals surface area (Å²) in [5.41, 5.74) is 5.60. The van der Waals surface area contributed by atoms with E-state index < -0.39 is 11.9 Å². The van der Waals surface area contributed by atoms with Crippen LogP contribution in [0.1, 0.15) is 46.7 Å². The monoisotopic (exact) mass is 624 g/mol. The van der Waals surface area contributed by atoms with Crippen molar-refractivity contribution in [3.63, 3.8) is 0 Å². The van der Waals surface area contributed by atoms with Crippen LogP contribution in [0, 0.1) is 0 Å². The average molecular weight is 625 g/mol. The molecule has 0 spiro atoms. The number of aryl methyl sites for hydroxylation is 2. The number of rotatable bonds is 12. The summed E-state index contributed by atoms with van der Waals surface area (Å²) < 4.78 is 5.43. The number of hydrogen-bond acceptors (Lipinski definition) is 5. The van der Waals surface area contributed by atoms with E-state index in [0.29, 0.717) is 23.6 Å². The van der Waals surface area contributed by atoms with Gasteiger partial charge in [-0.15, -0.1) is 0 Å². The van der Waals surface area contributed by atoms with Crippen molar-refractivity contribution < 1.29 is 24.1 Å². The predicted molar refractivity (Wildman–Crippen MR) is 183 cm³/mol. The van der Waals surface area contributed by atoms with Crippen LogP contribution in [0.25, 0.3) is 21.8 Å². The summed E-state index contributed by atoms with van der Waals surface area (Å²) in [5.74, 6) is -1.24. The normalized spacial score (nSPS) is 11.2. The summed E-state index contributed by atoms with van der Waals surface area (Å²) >= 11 is 0. The van der Waals surface area contributed by atoms with Crippen molar-refractivity contribution in [3.05, 3.63) is 78.2 Å². The van der Waals surface area contributed by atoms with Crippen molar-refractivity contribution in [1.29, 1.82) is 0 Å². The summed E-state index contributed by atoms with van der Waals surface area (Å²) in [6.45, 7) is 0.829. The highest BCUT2D eigenvalue weighted by molar-refractivity contribution is 6.04. The molecule has 5 rings (SSSR count). The lowest BCUT2D eigenvalue weighted by Crippen LogP contribution is -2.36. The Morgan fingerprint density at radius 3 is 1.96 bits per heavy atom. The second-order valence-electron chi connectivity index (χ2n) is 12.1. The predicted octanol–water partition coefficient (Wildman–Crippen LogP) is 5.24. The van der Waals surface area contributed by atoms with E-state index in [9.17, 15) is 19.5 Å². The standard InChI is InChI=1S/C35H41N7O4/c1-38(2)26-13-11-23-18-24-12-14-27(39(3)4)21-30(24)42(29(23)20-26)17-9-7-8-10-33(43)36-25-19-31(40(5)22-25)34(44)37-32-16-15-28(35(45)46)41(32)6/h11-16,18-22H,7-10,17H2,1-6H3,(H2-,36,37,43,44,45,46)/p+1. The fourth-order valence-electron chi connectivity index (χ4n) is 5.72. The Bertz CT molecular complexity index is 1870. The van der Waals surface area contributed by atoms with Gasteiger partial charge in [0.25, 0.3) is 5.91 Å². The van der Waals surface area contributed by atoms with Crippen LogP contribution in [0.15, 0.2) is 66.9 Å². The second-order valence-corrected chi connectivity index (χ2v) is 12.1. The zero-order valence-electron chi connectivity index (χ0n) is 27.3. The molecule has 2 amide bonds. The quantitative estimate of drug-likeness (QED) is 0.0994. The highest BCUT2D eigenvalue weighted by Gasteiger charge is 2.19. The Morgan fingerprint density at radius 1 is 0.761 bits per heavy atom. The van der Waals surface area contributed by atoms with E-state index in [4.69, 9.17) is 0 Å². The molecule has 46 heavy (non-hydrogen) atoms. The number of benzene rings is 2. The molecule has 2 aromatic carbocycles. The van der Waals surface area contributed by atoms with Crippen molar-refractivity contribution in [1.82, 2.24) is 9.13 Å². The maximum Gasteiger partial charge on any atom is 0.352 e. The molecule has 0 bridgehead atoms. The maximum absolute atomic E-state index is 12.9. The third-order valence-electron chi connectivity index (χ3n) is 8.34. The average Bonchev–Trinajstić information content (AvgIpc) is 3.56. The Labute approximate surface area is 268 Å². The Morgan fingerprint density at radius 2 is 1.39 bits per heavy atom. The molecule has 0 aliphatic rings. The maximum atomic E-state index is 12.9. The number of pyridine rings is 1. The van der Waals surface area contributed by atoms with Crippen LogP contribution < -0.4 is 25.0 Å². The molecule has 0 saturated carbocycles. The second kappa shape index (κ2) is 13.4. The van der Waals surface area contributed by atoms with Crippen molar-refractivity contribution in [3.8, 4) is 0 Å². The number of aromatic nitrogens is 3. The molecule has 0 unspecified atom stereocenters. The van der Waals surface area contributed by atoms with Crippen molar-refractivity contribution in [2.24, 2.45) is 14.1 Å². The minimum atomic E-state index is -1.08. The lowest BCUT2D eigenvalue weighted by molar-refractivity contribution is -0.645. The minimum Gasteiger partial charge on any atom is -0.477 e. The van der Waals surface area contributed by atoms with Gasteiger partial charge >= 0.3 is 5.97 Å². The highest BCUT2D eigenvalue weighted by Crippen LogP contribution is 2.26. The zero-order valence-corrected chi connectivity index (χ0v) is 27.3. The molecular weight excluding hydrogens is 582 g/mol. The van der Waals surface area contributed by atoms with E-state index in [0.717, 1.165) is 37.2 Å². The number of carbonyl (C=O) groups is 3. The van der Waals surface area contributed by atoms with Gasteiger partial charge in [0.1, 0.15) is 23.8 Å². The van der Waals surface area contributed by atoms with E-state index >= 15 is 0 Å². The van der Waals surface area contributed by atoms with Crippen molar-refractivity contribution >= 4 is 62.5 Å². The van der Waals surface area contributed by atoms with E-state index in [1.165, 1.54) is 38.5 Å². The lowest BCUT2D eigenvalue weighted by atomic mass is 10.1. The minimum absolute atomic E-state index is 0.0659. The first-order valence-electron chi connectivity index (χ1n) is 15.3. The number of nitrogens with zero attached hydrogens (tertiary/aromatic N) is 5. The molecule has 0 aliphatic heterocycles. The van der Waals surface area contributed by atoms with Gasteiger partial charge in [-0.3, -0.25) is 9.59 Å². The summed E-state index contributed by atoms with van der Waals surface area (Å²) in [7, 11) is 11.5. The van der Waals surface area contributed by atoms with Gasteiger partial charge < -0.3 is 34.7 Å². The zero-order chi connectivity index (χ0) is 33.1. The van der Waals surface area contributed by atoms with Gasteiger partial charge in [-0.1, -0.05) is 0 Å². The van der Waals surface area contributed by atoms with Gasteiger partial charge in [0.2, 0.25) is 16.9 Å². The first-order valence-corrected chi connectivity index (χ1v) is 15.3. The molecule has 5 aromatic rings. The van der Waals surface area contributed by atoms with E-state index in [1.807, 2.05) is 0 Å². The number of aromatic carboxylic acids is 1. The Balaban J connectivity index is 1.20. The largest absolute Gasteiger partial charge is 0.477 e. The van der Waals surface area contributed by atoms with Crippen LogP contribution in [-0.4, -0.2) is 60.2 Å². The number of unbranched alkanes of at least 4 members (excludes halogenated alkanes) is 2. The molecular formula is C35H42N7O4+. The van der Waals surface area contributed by atoms with E-state index in [2.05, 4.69) is 95.7 Å². The SMILES string of the molecule is CN(C)c1ccc2cc3ccc(N(C)C)cc3[n+](CCCCCC(=O)Nc3cc(C(=O)Nc4ccc(C(=O)O)n4C)n(C)c3)c2c1. The smallest absolute Gasteiger partial charge is 0.352 e. The fraction of sp³-hybridized carbons (Fsp3) is 0.314. The Hall–Kier alpha value is -5.32. The fourth-order valence-corrected chi connectivity index (χ4v) is 5.72. The molecule has 0 saturated heterocycles. The topological polar surface area (TPSA) is 116 Å². The van der Waals surface area contributed by atoms with Crippen LogP contribution in [-0.2, 0) is 25.4 Å². The van der Waals surface area contributed by atoms with Crippen LogP contribution in [0.3, 0.4) is 0 Å². The molecule has 3 aromatic heterocycles. The first-order chi connectivity index (χ1) is 21.9. The van der Waals surface area contributed by atoms with Crippen LogP contribution in [0.4, 0.5) is 22.9 Å². The number of carboxylic acids is 1. The molecule has 0 fully saturated rings. The van der Waals surface area contributed by atoms with Crippen LogP contribution in [0.2, 0.25) is 0 Å². The first kappa shape index (κ1) is 32.1. The van der Waals surface area contributed by atoms with Gasteiger partial charge in [0.05, 0.1) is 5.69 Å². The molecule has 0 radical (unpaired) electrons. The van der Waals surface area contributed by atoms with Crippen molar-refractivity contribution in [2.75, 3.05) is 48.6 Å². The number of anilines is 4. The summed E-state index contributed by atoms with van der Waals surface area (Å²) in [6.07, 6.45) is 4.60. The Kier molecular flexibility index (Phi) is 9.31. The number of carboxylic acid groups (broad SMARTS) is 1. The molecule has 3 heterocycles. The number of carbonyl (C=O) groups excluding carboxylic acids is 2. The highest BCUT2D eigenvalue weighted by atomic mass is 16.4. The molecule has 3 N–H and O–H groups in total. The van der Waals surface area contributed by atoms with Gasteiger partial charge in [0, 0.05) is 95.6 Å². The molecule has 240 valence electrons. The number of amides is 2. The molecule has 11 heteroatoms. The molecule has 0 aliphatic carbocycles. The molecule has 0 atom stereocenters. The van der Waals surface area contributed by atoms with Gasteiger partial charge in [-0.2, -0.15) is 4.57 Å². The van der Waals surface area contributed by atoms with Gasteiger partial charge in [0.15, 0.2) is 0 Å². The van der Waals surface area contributed by atoms with Crippen LogP contribution >= 0.6 is 0 Å². The summed E-state index contributed by atoms with van der Waals surface area (Å²) in [5, 5.41) is 17.3. The molecule has 11 nitrogen and oxygen atoms in total. The third kappa shape index (κ3) is 6.83. The van der Waals surface area contributed by atoms with E-state index in [1.54, 1.807) is 30.9 Å². The summed E-state index contributed by atoms with van der Waals surface area (Å²) in [4.78, 5) is 41.2. The number of fused-ring (bicyclic) bond motifs is 2. The van der Waals surface area contributed by atoms with Gasteiger partial charge in [-0.25, -0.2) is 4.79 Å². The summed E-state index contributed by atoms with van der Waals surface area (Å²) in [6, 6.07) is 20.0. The van der Waals surface area contributed by atoms with Crippen LogP contribution in [0.5, 0.6) is 0 Å². The number of nitrogens with one attached hydrogen (secondary N) is 2. The lowest BCUT2D eigenvalue weighted by Gasteiger charge is -2.15. The van der Waals surface area contributed by atoms with Crippen molar-refractivity contribution in [2.45, 2.75) is 32.2 Å². The van der Waals surface area contributed by atoms with Gasteiger partial charge in [-0.05, 0) is 61.4 Å². The van der Waals surface area contributed by atoms with E-state index in [-0.39, 0.29) is 11.6 Å². The third-order valence-corrected chi connectivity index (χ3v) is 8.34. The number of hydrogen-bond donors (Lipinski definition) is 3.